The Balaban J connectivity index is 1.86. The predicted octanol–water partition coefficient (Wildman–Crippen LogP) is 5.41. The molecule has 1 aliphatic rings. The van der Waals surface area contributed by atoms with E-state index in [0.29, 0.717) is 27.6 Å². The lowest BCUT2D eigenvalue weighted by Crippen LogP contribution is -2.32. The Bertz CT molecular complexity index is 964. The average Bonchev–Trinajstić information content (AvgIpc) is 2.89. The number of halogens is 1. The van der Waals surface area contributed by atoms with Gasteiger partial charge in [-0.05, 0) is 62.6 Å². The number of fused-ring (bicyclic) bond motifs is 1. The van der Waals surface area contributed by atoms with Crippen LogP contribution in [0.15, 0.2) is 30.3 Å². The number of ketones is 1. The van der Waals surface area contributed by atoms with Gasteiger partial charge in [-0.1, -0.05) is 31.0 Å². The highest BCUT2D eigenvalue weighted by Gasteiger charge is 2.41. The van der Waals surface area contributed by atoms with Gasteiger partial charge in [0.05, 0.1) is 11.5 Å². The topological polar surface area (TPSA) is 72.8 Å². The maximum atomic E-state index is 12.5. The highest BCUT2D eigenvalue weighted by molar-refractivity contribution is 6.31. The zero-order chi connectivity index (χ0) is 21.3. The molecule has 1 atom stereocenters. The van der Waals surface area contributed by atoms with Crippen LogP contribution in [-0.4, -0.2) is 22.5 Å². The summed E-state index contributed by atoms with van der Waals surface area (Å²) in [5.74, 6) is -0.395. The zero-order valence-electron chi connectivity index (χ0n) is 17.0. The fourth-order valence-corrected chi connectivity index (χ4v) is 3.79. The molecule has 1 N–H and O–H groups in total. The third-order valence-corrected chi connectivity index (χ3v) is 5.36. The van der Waals surface area contributed by atoms with Crippen LogP contribution in [0.2, 0.25) is 5.02 Å². The number of aryl methyl sites for hydroxylation is 1. The van der Waals surface area contributed by atoms with Gasteiger partial charge < -0.3 is 14.6 Å². The fraction of sp³-hybridized carbons (Fsp3) is 0.391. The van der Waals surface area contributed by atoms with Crippen molar-refractivity contribution in [3.8, 4) is 11.5 Å². The molecule has 0 saturated heterocycles. The second kappa shape index (κ2) is 8.07. The first-order valence-electron chi connectivity index (χ1n) is 9.68. The van der Waals surface area contributed by atoms with E-state index >= 15 is 0 Å². The van der Waals surface area contributed by atoms with Crippen molar-refractivity contribution in [2.45, 2.75) is 58.7 Å². The molecular formula is C23H25ClO5. The van der Waals surface area contributed by atoms with Crippen molar-refractivity contribution in [3.05, 3.63) is 57.6 Å². The summed E-state index contributed by atoms with van der Waals surface area (Å²) in [4.78, 5) is 23.9. The third-order valence-electron chi connectivity index (χ3n) is 5.14. The van der Waals surface area contributed by atoms with E-state index in [4.69, 9.17) is 21.1 Å². The first-order chi connectivity index (χ1) is 13.6. The number of Topliss-reactive ketones (excluding diaryl/α,β-unsaturated/α-hetero) is 1. The molecule has 0 bridgehead atoms. The van der Waals surface area contributed by atoms with Crippen LogP contribution in [0.3, 0.4) is 0 Å². The number of carboxylic acids is 1. The second-order valence-corrected chi connectivity index (χ2v) is 8.28. The van der Waals surface area contributed by atoms with Crippen LogP contribution < -0.4 is 9.47 Å². The molecule has 5 nitrogen and oxygen atoms in total. The summed E-state index contributed by atoms with van der Waals surface area (Å²) in [5, 5.41) is 9.80. The number of ether oxygens (including phenoxy) is 2. The van der Waals surface area contributed by atoms with Gasteiger partial charge >= 0.3 is 5.97 Å². The van der Waals surface area contributed by atoms with Crippen LogP contribution in [0, 0.1) is 0 Å². The van der Waals surface area contributed by atoms with E-state index in [-0.39, 0.29) is 12.4 Å². The molecule has 6 heteroatoms. The molecule has 0 fully saturated rings. The van der Waals surface area contributed by atoms with Crippen molar-refractivity contribution in [1.82, 2.24) is 0 Å². The zero-order valence-corrected chi connectivity index (χ0v) is 17.8. The molecule has 1 aliphatic heterocycles. The lowest BCUT2D eigenvalue weighted by Gasteiger charge is -2.17. The first kappa shape index (κ1) is 21.2. The number of hydrogen-bond acceptors (Lipinski definition) is 4. The molecule has 154 valence electrons. The Morgan fingerprint density at radius 3 is 2.62 bits per heavy atom. The lowest BCUT2D eigenvalue weighted by atomic mass is 9.93. The van der Waals surface area contributed by atoms with Gasteiger partial charge in [0.2, 0.25) is 5.78 Å². The molecule has 1 heterocycles. The highest BCUT2D eigenvalue weighted by atomic mass is 35.5. The van der Waals surface area contributed by atoms with Crippen LogP contribution in [-0.2, 0) is 17.8 Å². The highest BCUT2D eigenvalue weighted by Crippen LogP contribution is 2.40. The van der Waals surface area contributed by atoms with Crippen molar-refractivity contribution in [3.63, 3.8) is 0 Å². The quantitative estimate of drug-likeness (QED) is 0.652. The molecule has 0 aromatic heterocycles. The molecule has 0 amide bonds. The summed E-state index contributed by atoms with van der Waals surface area (Å²) in [6.07, 6.45) is 1.66. The molecular weight excluding hydrogens is 392 g/mol. The van der Waals surface area contributed by atoms with Gasteiger partial charge in [0, 0.05) is 10.6 Å². The Morgan fingerprint density at radius 1 is 1.24 bits per heavy atom. The Morgan fingerprint density at radius 2 is 1.97 bits per heavy atom. The summed E-state index contributed by atoms with van der Waals surface area (Å²) < 4.78 is 11.8. The first-order valence-corrected chi connectivity index (χ1v) is 10.1. The summed E-state index contributed by atoms with van der Waals surface area (Å²) in [6.45, 7) is 7.38. The van der Waals surface area contributed by atoms with Crippen molar-refractivity contribution in [2.24, 2.45) is 0 Å². The lowest BCUT2D eigenvalue weighted by molar-refractivity contribution is -0.138. The minimum absolute atomic E-state index is 0.103. The fourth-order valence-electron chi connectivity index (χ4n) is 3.55. The molecule has 0 spiro atoms. The van der Waals surface area contributed by atoms with Gasteiger partial charge in [0.25, 0.3) is 0 Å². The summed E-state index contributed by atoms with van der Waals surface area (Å²) in [5.41, 5.74) is 2.00. The summed E-state index contributed by atoms with van der Waals surface area (Å²) in [7, 11) is 0. The SMILES string of the molecule is CCCc1cc(OCc2cc(Cl)cc3c2OC(C)(C)C3=O)ccc1C(C)C(=O)O. The monoisotopic (exact) mass is 416 g/mol. The van der Waals surface area contributed by atoms with E-state index in [9.17, 15) is 14.7 Å². The van der Waals surface area contributed by atoms with E-state index in [1.54, 1.807) is 39.0 Å². The second-order valence-electron chi connectivity index (χ2n) is 7.84. The van der Waals surface area contributed by atoms with Crippen LogP contribution in [0.25, 0.3) is 0 Å². The number of rotatable bonds is 7. The number of hydrogen-bond donors (Lipinski definition) is 1. The normalized spacial score (nSPS) is 15.6. The van der Waals surface area contributed by atoms with E-state index in [1.165, 1.54) is 0 Å². The minimum atomic E-state index is -0.926. The van der Waals surface area contributed by atoms with Gasteiger partial charge in [-0.3, -0.25) is 9.59 Å². The predicted molar refractivity (Wildman–Crippen MR) is 111 cm³/mol. The Labute approximate surface area is 175 Å². The largest absolute Gasteiger partial charge is 0.489 e. The maximum Gasteiger partial charge on any atom is 0.310 e. The number of aliphatic carboxylic acids is 1. The van der Waals surface area contributed by atoms with Gasteiger partial charge in [-0.15, -0.1) is 0 Å². The average molecular weight is 417 g/mol. The smallest absolute Gasteiger partial charge is 0.310 e. The minimum Gasteiger partial charge on any atom is -0.489 e. The molecule has 0 saturated carbocycles. The summed E-state index contributed by atoms with van der Waals surface area (Å²) >= 11 is 6.20. The molecule has 2 aromatic rings. The molecule has 2 aromatic carbocycles. The molecule has 3 rings (SSSR count). The molecule has 1 unspecified atom stereocenters. The number of carbonyl (C=O) groups excluding carboxylic acids is 1. The molecule has 29 heavy (non-hydrogen) atoms. The van der Waals surface area contributed by atoms with Gasteiger partial charge in [-0.25, -0.2) is 0 Å². The third kappa shape index (κ3) is 4.25. The molecule has 0 aliphatic carbocycles. The maximum absolute atomic E-state index is 12.5. The van der Waals surface area contributed by atoms with E-state index < -0.39 is 17.5 Å². The van der Waals surface area contributed by atoms with Crippen LogP contribution in [0.1, 0.15) is 67.1 Å². The number of benzene rings is 2. The Kier molecular flexibility index (Phi) is 5.90. The van der Waals surface area contributed by atoms with Crippen molar-refractivity contribution >= 4 is 23.4 Å². The van der Waals surface area contributed by atoms with E-state index in [1.807, 2.05) is 19.1 Å². The Hall–Kier alpha value is -2.53. The van der Waals surface area contributed by atoms with Crippen molar-refractivity contribution in [1.29, 1.82) is 0 Å². The van der Waals surface area contributed by atoms with Gasteiger partial charge in [-0.2, -0.15) is 0 Å². The van der Waals surface area contributed by atoms with Crippen LogP contribution in [0.5, 0.6) is 11.5 Å². The summed E-state index contributed by atoms with van der Waals surface area (Å²) in [6, 6.07) is 8.83. The van der Waals surface area contributed by atoms with E-state index in [0.717, 1.165) is 24.0 Å². The van der Waals surface area contributed by atoms with Gasteiger partial charge in [0.1, 0.15) is 18.1 Å². The van der Waals surface area contributed by atoms with Crippen molar-refractivity contribution in [2.75, 3.05) is 0 Å². The van der Waals surface area contributed by atoms with Crippen LogP contribution in [0.4, 0.5) is 0 Å². The van der Waals surface area contributed by atoms with Gasteiger partial charge in [0.15, 0.2) is 5.60 Å². The number of carbonyl (C=O) groups is 2. The number of carboxylic acid groups (broad SMARTS) is 1. The standard InChI is InChI=1S/C23H25ClO5/c1-5-6-14-10-17(7-8-18(14)13(2)22(26)27)28-12-15-9-16(24)11-19-20(15)29-23(3,4)21(19)25/h7-11,13H,5-6,12H2,1-4H3,(H,26,27). The van der Waals surface area contributed by atoms with E-state index in [2.05, 4.69) is 0 Å². The molecule has 0 radical (unpaired) electrons. The van der Waals surface area contributed by atoms with Crippen molar-refractivity contribution < 1.29 is 24.2 Å². The van der Waals surface area contributed by atoms with Crippen LogP contribution >= 0.6 is 11.6 Å².